The molecular formula is C18H26F3N3O. The minimum Gasteiger partial charge on any atom is -0.396 e. The standard InChI is InChI=1S/C18H26F3N3O/c19-18(20,21)16-2-1-15(12-23-9-5-22-6-10-23)11-17(16)24-7-3-14(13-25)4-8-24/h1-2,11,14,22,25H,3-10,12-13H2. The SMILES string of the molecule is OCC1CCN(c2cc(CN3CCNCC3)ccc2C(F)(F)F)CC1. The molecule has 4 nitrogen and oxygen atoms in total. The molecule has 0 saturated carbocycles. The Morgan fingerprint density at radius 1 is 1.08 bits per heavy atom. The lowest BCUT2D eigenvalue weighted by Crippen LogP contribution is -2.43. The lowest BCUT2D eigenvalue weighted by atomic mass is 9.96. The van der Waals surface area contributed by atoms with Crippen molar-refractivity contribution in [2.75, 3.05) is 50.8 Å². The number of benzene rings is 1. The second kappa shape index (κ2) is 7.93. The van der Waals surface area contributed by atoms with Gasteiger partial charge in [0, 0.05) is 58.1 Å². The van der Waals surface area contributed by atoms with E-state index < -0.39 is 11.7 Å². The van der Waals surface area contributed by atoms with Crippen LogP contribution in [0.5, 0.6) is 0 Å². The van der Waals surface area contributed by atoms with Crippen molar-refractivity contribution >= 4 is 5.69 Å². The van der Waals surface area contributed by atoms with Crippen molar-refractivity contribution in [3.8, 4) is 0 Å². The second-order valence-electron chi connectivity index (χ2n) is 6.99. The summed E-state index contributed by atoms with van der Waals surface area (Å²) in [6.07, 6.45) is -2.89. The summed E-state index contributed by atoms with van der Waals surface area (Å²) in [6.45, 7) is 5.58. The van der Waals surface area contributed by atoms with Gasteiger partial charge in [-0.3, -0.25) is 4.90 Å². The number of nitrogens with one attached hydrogen (secondary N) is 1. The number of nitrogens with zero attached hydrogens (tertiary/aromatic N) is 2. The molecule has 0 bridgehead atoms. The van der Waals surface area contributed by atoms with Crippen molar-refractivity contribution in [2.24, 2.45) is 5.92 Å². The van der Waals surface area contributed by atoms with Gasteiger partial charge in [0.15, 0.2) is 0 Å². The molecule has 25 heavy (non-hydrogen) atoms. The molecule has 2 aliphatic rings. The Kier molecular flexibility index (Phi) is 5.86. The van der Waals surface area contributed by atoms with Crippen LogP contribution in [0.1, 0.15) is 24.0 Å². The van der Waals surface area contributed by atoms with Crippen molar-refractivity contribution in [2.45, 2.75) is 25.6 Å². The Balaban J connectivity index is 1.80. The third-order valence-electron chi connectivity index (χ3n) is 5.20. The number of aliphatic hydroxyl groups excluding tert-OH is 1. The van der Waals surface area contributed by atoms with Crippen molar-refractivity contribution in [1.29, 1.82) is 0 Å². The van der Waals surface area contributed by atoms with Crippen molar-refractivity contribution < 1.29 is 18.3 Å². The van der Waals surface area contributed by atoms with Crippen molar-refractivity contribution in [3.05, 3.63) is 29.3 Å². The number of anilines is 1. The van der Waals surface area contributed by atoms with E-state index in [1.807, 2.05) is 4.90 Å². The number of hydrogen-bond acceptors (Lipinski definition) is 4. The molecular weight excluding hydrogens is 331 g/mol. The zero-order valence-electron chi connectivity index (χ0n) is 14.4. The molecule has 2 aliphatic heterocycles. The van der Waals surface area contributed by atoms with Gasteiger partial charge in [0.25, 0.3) is 0 Å². The zero-order valence-corrected chi connectivity index (χ0v) is 14.4. The lowest BCUT2D eigenvalue weighted by Gasteiger charge is -2.35. The third-order valence-corrected chi connectivity index (χ3v) is 5.20. The van der Waals surface area contributed by atoms with Crippen molar-refractivity contribution in [3.63, 3.8) is 0 Å². The molecule has 2 N–H and O–H groups in total. The molecule has 0 radical (unpaired) electrons. The maximum atomic E-state index is 13.5. The van der Waals surface area contributed by atoms with E-state index in [2.05, 4.69) is 10.2 Å². The number of piperidine rings is 1. The first-order chi connectivity index (χ1) is 12.0. The highest BCUT2D eigenvalue weighted by Crippen LogP contribution is 2.38. The fraction of sp³-hybridized carbons (Fsp3) is 0.667. The molecule has 0 aromatic heterocycles. The fourth-order valence-electron chi connectivity index (χ4n) is 3.66. The van der Waals surface area contributed by atoms with Crippen LogP contribution in [-0.4, -0.2) is 55.9 Å². The molecule has 1 aromatic carbocycles. The van der Waals surface area contributed by atoms with E-state index in [0.717, 1.165) is 44.6 Å². The van der Waals surface area contributed by atoms with Crippen LogP contribution in [0.3, 0.4) is 0 Å². The topological polar surface area (TPSA) is 38.7 Å². The van der Waals surface area contributed by atoms with Crippen LogP contribution in [0.25, 0.3) is 0 Å². The predicted molar refractivity (Wildman–Crippen MR) is 91.6 cm³/mol. The molecule has 2 fully saturated rings. The normalized spacial score (nSPS) is 20.9. The van der Waals surface area contributed by atoms with Crippen molar-refractivity contribution in [1.82, 2.24) is 10.2 Å². The van der Waals surface area contributed by atoms with Crippen LogP contribution in [0.2, 0.25) is 0 Å². The summed E-state index contributed by atoms with van der Waals surface area (Å²) < 4.78 is 40.4. The smallest absolute Gasteiger partial charge is 0.396 e. The second-order valence-corrected chi connectivity index (χ2v) is 6.99. The van der Waals surface area contributed by atoms with Crippen LogP contribution >= 0.6 is 0 Å². The first-order valence-corrected chi connectivity index (χ1v) is 8.96. The van der Waals surface area contributed by atoms with E-state index in [1.54, 1.807) is 12.1 Å². The number of halogens is 3. The molecule has 140 valence electrons. The molecule has 7 heteroatoms. The first-order valence-electron chi connectivity index (χ1n) is 8.96. The average Bonchev–Trinajstić information content (AvgIpc) is 2.62. The first kappa shape index (κ1) is 18.5. The Morgan fingerprint density at radius 2 is 1.76 bits per heavy atom. The molecule has 0 atom stereocenters. The number of aliphatic hydroxyl groups is 1. The molecule has 1 aromatic rings. The number of hydrogen-bond donors (Lipinski definition) is 2. The summed E-state index contributed by atoms with van der Waals surface area (Å²) >= 11 is 0. The highest BCUT2D eigenvalue weighted by Gasteiger charge is 2.35. The molecule has 3 rings (SSSR count). The minimum atomic E-state index is -4.35. The molecule has 0 spiro atoms. The van der Waals surface area contributed by atoms with Crippen LogP contribution in [0, 0.1) is 5.92 Å². The summed E-state index contributed by atoms with van der Waals surface area (Å²) in [7, 11) is 0. The zero-order chi connectivity index (χ0) is 17.9. The largest absolute Gasteiger partial charge is 0.418 e. The Bertz CT molecular complexity index is 565. The highest BCUT2D eigenvalue weighted by molar-refractivity contribution is 5.57. The van der Waals surface area contributed by atoms with Gasteiger partial charge in [-0.15, -0.1) is 0 Å². The minimum absolute atomic E-state index is 0.114. The fourth-order valence-corrected chi connectivity index (χ4v) is 3.66. The summed E-state index contributed by atoms with van der Waals surface area (Å²) in [4.78, 5) is 4.09. The van der Waals surface area contributed by atoms with Crippen LogP contribution in [0.4, 0.5) is 18.9 Å². The maximum absolute atomic E-state index is 13.5. The van der Waals surface area contributed by atoms with Gasteiger partial charge in [0.1, 0.15) is 0 Å². The van der Waals surface area contributed by atoms with Crippen LogP contribution in [-0.2, 0) is 12.7 Å². The van der Waals surface area contributed by atoms with Gasteiger partial charge >= 0.3 is 6.18 Å². The molecule has 0 amide bonds. The Hall–Kier alpha value is -1.31. The van der Waals surface area contributed by atoms with Gasteiger partial charge in [-0.1, -0.05) is 6.07 Å². The average molecular weight is 357 g/mol. The van der Waals surface area contributed by atoms with E-state index in [4.69, 9.17) is 0 Å². The Labute approximate surface area is 146 Å². The van der Waals surface area contributed by atoms with E-state index >= 15 is 0 Å². The van der Waals surface area contributed by atoms with E-state index in [1.165, 1.54) is 6.07 Å². The third kappa shape index (κ3) is 4.65. The Morgan fingerprint density at radius 3 is 2.36 bits per heavy atom. The highest BCUT2D eigenvalue weighted by atomic mass is 19.4. The van der Waals surface area contributed by atoms with E-state index in [0.29, 0.717) is 19.6 Å². The van der Waals surface area contributed by atoms with Gasteiger partial charge in [-0.2, -0.15) is 13.2 Å². The number of piperazine rings is 1. The van der Waals surface area contributed by atoms with E-state index in [9.17, 15) is 18.3 Å². The number of alkyl halides is 3. The molecule has 0 aliphatic carbocycles. The quantitative estimate of drug-likeness (QED) is 0.868. The predicted octanol–water partition coefficient (Wildman–Crippen LogP) is 2.32. The van der Waals surface area contributed by atoms with Gasteiger partial charge in [-0.25, -0.2) is 0 Å². The summed E-state index contributed by atoms with van der Waals surface area (Å²) in [5, 5.41) is 12.5. The van der Waals surface area contributed by atoms with Crippen LogP contribution < -0.4 is 10.2 Å². The summed E-state index contributed by atoms with van der Waals surface area (Å²) in [5.74, 6) is 0.203. The van der Waals surface area contributed by atoms with E-state index in [-0.39, 0.29) is 18.2 Å². The number of rotatable bonds is 4. The van der Waals surface area contributed by atoms with Gasteiger partial charge in [0.05, 0.1) is 5.56 Å². The molecule has 0 unspecified atom stereocenters. The lowest BCUT2D eigenvalue weighted by molar-refractivity contribution is -0.137. The maximum Gasteiger partial charge on any atom is 0.418 e. The molecule has 2 heterocycles. The molecule has 2 saturated heterocycles. The van der Waals surface area contributed by atoms with Crippen LogP contribution in [0.15, 0.2) is 18.2 Å². The summed E-state index contributed by atoms with van der Waals surface area (Å²) in [5.41, 5.74) is 0.657. The van der Waals surface area contributed by atoms with Gasteiger partial charge in [-0.05, 0) is 36.5 Å². The summed E-state index contributed by atoms with van der Waals surface area (Å²) in [6, 6.07) is 4.55. The van der Waals surface area contributed by atoms with Gasteiger partial charge in [0.2, 0.25) is 0 Å². The monoisotopic (exact) mass is 357 g/mol. The van der Waals surface area contributed by atoms with Gasteiger partial charge < -0.3 is 15.3 Å².